The Labute approximate surface area is 193 Å². The number of fused-ring (bicyclic) bond motifs is 2. The van der Waals surface area contributed by atoms with E-state index in [1.807, 2.05) is 44.2 Å². The van der Waals surface area contributed by atoms with Crippen LogP contribution in [0.15, 0.2) is 58.6 Å². The van der Waals surface area contributed by atoms with Gasteiger partial charge in [-0.2, -0.15) is 5.10 Å². The molecule has 1 aliphatic heterocycles. The summed E-state index contributed by atoms with van der Waals surface area (Å²) < 4.78 is 3.24. The van der Waals surface area contributed by atoms with E-state index in [0.717, 1.165) is 22.5 Å². The molecule has 0 saturated carbocycles. The Morgan fingerprint density at radius 1 is 1.25 bits per heavy atom. The first-order valence-corrected chi connectivity index (χ1v) is 11.5. The zero-order valence-corrected chi connectivity index (χ0v) is 19.1. The molecule has 0 radical (unpaired) electrons. The summed E-state index contributed by atoms with van der Waals surface area (Å²) in [7, 11) is 0. The van der Waals surface area contributed by atoms with Crippen molar-refractivity contribution in [2.45, 2.75) is 31.5 Å². The van der Waals surface area contributed by atoms with Crippen LogP contribution in [0.5, 0.6) is 0 Å². The predicted molar refractivity (Wildman–Crippen MR) is 127 cm³/mol. The maximum atomic E-state index is 13.3. The minimum atomic E-state index is -0.264. The lowest BCUT2D eigenvalue weighted by Crippen LogP contribution is -2.27. The molecule has 1 N–H and O–H groups in total. The molecule has 1 unspecified atom stereocenters. The SMILES string of the molecule is Cc1ccc(NC(=O)CC2CSc3nc4c(cnn4-c4cccc(Cl)c4)c(=O)n32)c(C)c1. The second kappa shape index (κ2) is 8.11. The summed E-state index contributed by atoms with van der Waals surface area (Å²) >= 11 is 7.59. The fourth-order valence-corrected chi connectivity index (χ4v) is 5.26. The van der Waals surface area contributed by atoms with Crippen LogP contribution < -0.4 is 10.9 Å². The van der Waals surface area contributed by atoms with E-state index in [1.54, 1.807) is 21.4 Å². The molecule has 1 aliphatic rings. The topological polar surface area (TPSA) is 81.8 Å². The van der Waals surface area contributed by atoms with Crippen molar-refractivity contribution in [2.75, 3.05) is 11.1 Å². The molecule has 4 aromatic rings. The van der Waals surface area contributed by atoms with Gasteiger partial charge in [0.05, 0.1) is 17.9 Å². The van der Waals surface area contributed by atoms with Crippen LogP contribution in [-0.4, -0.2) is 31.0 Å². The number of carbonyl (C=O) groups excluding carboxylic acids is 1. The Hall–Kier alpha value is -3.10. The number of carbonyl (C=O) groups is 1. The molecule has 0 aliphatic carbocycles. The average Bonchev–Trinajstić information content (AvgIpc) is 3.35. The Bertz CT molecular complexity index is 1430. The number of amides is 1. The Morgan fingerprint density at radius 2 is 2.09 bits per heavy atom. The first-order valence-electron chi connectivity index (χ1n) is 10.2. The molecule has 3 heterocycles. The lowest BCUT2D eigenvalue weighted by atomic mass is 10.1. The third kappa shape index (κ3) is 3.69. The summed E-state index contributed by atoms with van der Waals surface area (Å²) in [5.41, 5.74) is 3.96. The fourth-order valence-electron chi connectivity index (χ4n) is 3.95. The van der Waals surface area contributed by atoms with E-state index < -0.39 is 0 Å². The minimum Gasteiger partial charge on any atom is -0.326 e. The van der Waals surface area contributed by atoms with Gasteiger partial charge in [-0.25, -0.2) is 9.67 Å². The lowest BCUT2D eigenvalue weighted by Gasteiger charge is -2.14. The minimum absolute atomic E-state index is 0.128. The van der Waals surface area contributed by atoms with Crippen molar-refractivity contribution in [3.63, 3.8) is 0 Å². The highest BCUT2D eigenvalue weighted by molar-refractivity contribution is 7.99. The van der Waals surface area contributed by atoms with Gasteiger partial charge in [0.25, 0.3) is 5.56 Å². The summed E-state index contributed by atoms with van der Waals surface area (Å²) in [4.78, 5) is 30.7. The number of nitrogens with one attached hydrogen (secondary N) is 1. The van der Waals surface area contributed by atoms with Gasteiger partial charge in [-0.3, -0.25) is 14.2 Å². The highest BCUT2D eigenvalue weighted by Gasteiger charge is 2.29. The molecule has 5 rings (SSSR count). The molecule has 1 atom stereocenters. The molecule has 32 heavy (non-hydrogen) atoms. The number of benzene rings is 2. The van der Waals surface area contributed by atoms with Crippen molar-refractivity contribution in [2.24, 2.45) is 0 Å². The van der Waals surface area contributed by atoms with Crippen LogP contribution in [0.25, 0.3) is 16.7 Å². The van der Waals surface area contributed by atoms with Gasteiger partial charge < -0.3 is 5.32 Å². The van der Waals surface area contributed by atoms with Crippen LogP contribution in [0.1, 0.15) is 23.6 Å². The molecule has 7 nitrogen and oxygen atoms in total. The van der Waals surface area contributed by atoms with Crippen LogP contribution in [0, 0.1) is 13.8 Å². The molecule has 2 aromatic carbocycles. The molecular formula is C23H20ClN5O2S. The van der Waals surface area contributed by atoms with Crippen molar-refractivity contribution < 1.29 is 4.79 Å². The van der Waals surface area contributed by atoms with Crippen molar-refractivity contribution in [1.82, 2.24) is 19.3 Å². The number of hydrogen-bond donors (Lipinski definition) is 1. The highest BCUT2D eigenvalue weighted by Crippen LogP contribution is 2.34. The molecule has 0 fully saturated rings. The van der Waals surface area contributed by atoms with Crippen LogP contribution in [0.2, 0.25) is 5.02 Å². The quantitative estimate of drug-likeness (QED) is 0.448. The van der Waals surface area contributed by atoms with Crippen molar-refractivity contribution >= 4 is 46.0 Å². The van der Waals surface area contributed by atoms with Crippen LogP contribution in [0.4, 0.5) is 5.69 Å². The third-order valence-electron chi connectivity index (χ3n) is 5.50. The Kier molecular flexibility index (Phi) is 5.27. The predicted octanol–water partition coefficient (Wildman–Crippen LogP) is 4.53. The lowest BCUT2D eigenvalue weighted by molar-refractivity contribution is -0.116. The van der Waals surface area contributed by atoms with Gasteiger partial charge >= 0.3 is 0 Å². The number of aryl methyl sites for hydroxylation is 2. The monoisotopic (exact) mass is 465 g/mol. The van der Waals surface area contributed by atoms with Crippen molar-refractivity contribution in [3.8, 4) is 5.69 Å². The Morgan fingerprint density at radius 3 is 2.88 bits per heavy atom. The van der Waals surface area contributed by atoms with Gasteiger partial charge in [0, 0.05) is 22.9 Å². The van der Waals surface area contributed by atoms with Gasteiger partial charge in [-0.1, -0.05) is 47.1 Å². The largest absolute Gasteiger partial charge is 0.326 e. The molecule has 162 valence electrons. The molecule has 9 heteroatoms. The third-order valence-corrected chi connectivity index (χ3v) is 6.83. The number of nitrogens with zero attached hydrogens (tertiary/aromatic N) is 4. The van der Waals surface area contributed by atoms with E-state index in [-0.39, 0.29) is 23.9 Å². The van der Waals surface area contributed by atoms with Crippen molar-refractivity contribution in [1.29, 1.82) is 0 Å². The van der Waals surface area contributed by atoms with Crippen LogP contribution >= 0.6 is 23.4 Å². The number of thioether (sulfide) groups is 1. The zero-order chi connectivity index (χ0) is 22.4. The number of aromatic nitrogens is 4. The summed E-state index contributed by atoms with van der Waals surface area (Å²) in [6, 6.07) is 12.9. The van der Waals surface area contributed by atoms with E-state index in [4.69, 9.17) is 16.6 Å². The molecular weight excluding hydrogens is 446 g/mol. The smallest absolute Gasteiger partial charge is 0.265 e. The summed E-state index contributed by atoms with van der Waals surface area (Å²) in [5.74, 6) is 0.483. The van der Waals surface area contributed by atoms with Crippen LogP contribution in [-0.2, 0) is 4.79 Å². The number of rotatable bonds is 4. The van der Waals surface area contributed by atoms with Gasteiger partial charge in [-0.05, 0) is 43.7 Å². The van der Waals surface area contributed by atoms with Crippen LogP contribution in [0.3, 0.4) is 0 Å². The van der Waals surface area contributed by atoms with E-state index in [2.05, 4.69) is 10.4 Å². The Balaban J connectivity index is 1.44. The molecule has 2 aromatic heterocycles. The normalized spacial score (nSPS) is 15.2. The van der Waals surface area contributed by atoms with Gasteiger partial charge in [0.2, 0.25) is 5.91 Å². The van der Waals surface area contributed by atoms with Gasteiger partial charge in [0.1, 0.15) is 5.39 Å². The van der Waals surface area contributed by atoms with Gasteiger partial charge in [0.15, 0.2) is 10.8 Å². The second-order valence-corrected chi connectivity index (χ2v) is 9.30. The first kappa shape index (κ1) is 20.8. The van der Waals surface area contributed by atoms with E-state index in [1.165, 1.54) is 18.0 Å². The van der Waals surface area contributed by atoms with E-state index in [0.29, 0.717) is 27.0 Å². The van der Waals surface area contributed by atoms with Crippen molar-refractivity contribution in [3.05, 3.63) is 75.2 Å². The summed E-state index contributed by atoms with van der Waals surface area (Å²) in [6.45, 7) is 3.98. The maximum Gasteiger partial charge on any atom is 0.265 e. The standard InChI is InChI=1S/C23H20ClN5O2S/c1-13-6-7-19(14(2)8-13)26-20(30)10-17-12-32-23-27-21-18(22(31)28(17)23)11-25-29(21)16-5-3-4-15(24)9-16/h3-9,11,17H,10,12H2,1-2H3,(H,26,30). The second-order valence-electron chi connectivity index (χ2n) is 7.88. The summed E-state index contributed by atoms with van der Waals surface area (Å²) in [6.07, 6.45) is 1.72. The number of halogens is 1. The van der Waals surface area contributed by atoms with E-state index in [9.17, 15) is 9.59 Å². The highest BCUT2D eigenvalue weighted by atomic mass is 35.5. The van der Waals surface area contributed by atoms with Gasteiger partial charge in [-0.15, -0.1) is 0 Å². The van der Waals surface area contributed by atoms with E-state index >= 15 is 0 Å². The number of hydrogen-bond acceptors (Lipinski definition) is 5. The molecule has 1 amide bonds. The number of anilines is 1. The average molecular weight is 466 g/mol. The first-order chi connectivity index (χ1) is 15.4. The molecule has 0 bridgehead atoms. The summed E-state index contributed by atoms with van der Waals surface area (Å²) in [5, 5.41) is 8.91. The fraction of sp³-hybridized carbons (Fsp3) is 0.217. The molecule has 0 spiro atoms. The maximum absolute atomic E-state index is 13.3. The molecule has 0 saturated heterocycles. The zero-order valence-electron chi connectivity index (χ0n) is 17.5.